The molecule has 0 saturated carbocycles. The van der Waals surface area contributed by atoms with Crippen molar-refractivity contribution in [3.05, 3.63) is 64.7 Å². The Morgan fingerprint density at radius 1 is 1.18 bits per heavy atom. The van der Waals surface area contributed by atoms with Gasteiger partial charge in [0.1, 0.15) is 6.04 Å². The Hall–Kier alpha value is -2.33. The molecule has 4 nitrogen and oxygen atoms in total. The first kappa shape index (κ1) is 14.6. The zero-order valence-electron chi connectivity index (χ0n) is 12.0. The Morgan fingerprint density at radius 3 is 2.59 bits per heavy atom. The van der Waals surface area contributed by atoms with Crippen LogP contribution >= 0.6 is 11.6 Å². The van der Waals surface area contributed by atoms with Crippen LogP contribution in [0.25, 0.3) is 0 Å². The van der Waals surface area contributed by atoms with E-state index in [9.17, 15) is 9.59 Å². The summed E-state index contributed by atoms with van der Waals surface area (Å²) >= 11 is 6.04. The lowest BCUT2D eigenvalue weighted by Gasteiger charge is -2.23. The van der Waals surface area contributed by atoms with Crippen LogP contribution in [0.1, 0.15) is 22.8 Å². The first-order chi connectivity index (χ1) is 10.6. The van der Waals surface area contributed by atoms with Gasteiger partial charge in [-0.15, -0.1) is 0 Å². The van der Waals surface area contributed by atoms with E-state index in [1.165, 1.54) is 0 Å². The standard InChI is InChI=1S/C17H15ClN2O2/c1-11(16(21)19-15-9-5-4-8-14(15)18)20-10-12-6-2-3-7-13(12)17(20)22/h2-9,11H,10H2,1H3,(H,19,21). The molecular formula is C17H15ClN2O2. The van der Waals surface area contributed by atoms with Gasteiger partial charge in [0.25, 0.3) is 5.91 Å². The van der Waals surface area contributed by atoms with Gasteiger partial charge in [-0.25, -0.2) is 0 Å². The number of benzene rings is 2. The fourth-order valence-corrected chi connectivity index (χ4v) is 2.71. The lowest BCUT2D eigenvalue weighted by Crippen LogP contribution is -2.42. The molecule has 1 N–H and O–H groups in total. The van der Waals surface area contributed by atoms with Crippen LogP contribution in [0.3, 0.4) is 0 Å². The number of carbonyl (C=O) groups is 2. The van der Waals surface area contributed by atoms with Gasteiger partial charge in [-0.1, -0.05) is 41.9 Å². The second kappa shape index (κ2) is 5.81. The number of para-hydroxylation sites is 1. The van der Waals surface area contributed by atoms with Gasteiger partial charge in [0.2, 0.25) is 5.91 Å². The zero-order valence-corrected chi connectivity index (χ0v) is 12.8. The van der Waals surface area contributed by atoms with Gasteiger partial charge in [-0.3, -0.25) is 9.59 Å². The van der Waals surface area contributed by atoms with Crippen LogP contribution in [0.2, 0.25) is 5.02 Å². The van der Waals surface area contributed by atoms with E-state index in [4.69, 9.17) is 11.6 Å². The van der Waals surface area contributed by atoms with Gasteiger partial charge in [0.15, 0.2) is 0 Å². The van der Waals surface area contributed by atoms with E-state index in [0.717, 1.165) is 5.56 Å². The molecule has 3 rings (SSSR count). The summed E-state index contributed by atoms with van der Waals surface area (Å²) in [7, 11) is 0. The predicted molar refractivity (Wildman–Crippen MR) is 85.9 cm³/mol. The van der Waals surface area contributed by atoms with Gasteiger partial charge < -0.3 is 10.2 Å². The zero-order chi connectivity index (χ0) is 15.7. The minimum atomic E-state index is -0.573. The molecule has 112 valence electrons. The average Bonchev–Trinajstić information content (AvgIpc) is 2.86. The Balaban J connectivity index is 1.75. The number of anilines is 1. The molecule has 0 saturated heterocycles. The van der Waals surface area contributed by atoms with Crippen molar-refractivity contribution in [2.45, 2.75) is 19.5 Å². The smallest absolute Gasteiger partial charge is 0.255 e. The minimum absolute atomic E-state index is 0.114. The van der Waals surface area contributed by atoms with Crippen LogP contribution in [-0.2, 0) is 11.3 Å². The van der Waals surface area contributed by atoms with Crippen molar-refractivity contribution in [1.29, 1.82) is 0 Å². The number of hydrogen-bond acceptors (Lipinski definition) is 2. The largest absolute Gasteiger partial charge is 0.323 e. The molecule has 22 heavy (non-hydrogen) atoms. The second-order valence-corrected chi connectivity index (χ2v) is 5.64. The summed E-state index contributed by atoms with van der Waals surface area (Å²) in [5, 5.41) is 3.24. The van der Waals surface area contributed by atoms with Crippen molar-refractivity contribution in [3.8, 4) is 0 Å². The highest BCUT2D eigenvalue weighted by Gasteiger charge is 2.33. The number of nitrogens with one attached hydrogen (secondary N) is 1. The lowest BCUT2D eigenvalue weighted by molar-refractivity contribution is -0.120. The van der Waals surface area contributed by atoms with Crippen LogP contribution in [0.4, 0.5) is 5.69 Å². The van der Waals surface area contributed by atoms with Crippen molar-refractivity contribution >= 4 is 29.1 Å². The van der Waals surface area contributed by atoms with Crippen LogP contribution < -0.4 is 5.32 Å². The first-order valence-electron chi connectivity index (χ1n) is 7.02. The van der Waals surface area contributed by atoms with Crippen molar-refractivity contribution in [3.63, 3.8) is 0 Å². The molecule has 5 heteroatoms. The van der Waals surface area contributed by atoms with Crippen LogP contribution in [-0.4, -0.2) is 22.8 Å². The van der Waals surface area contributed by atoms with Gasteiger partial charge in [0, 0.05) is 12.1 Å². The highest BCUT2D eigenvalue weighted by atomic mass is 35.5. The van der Waals surface area contributed by atoms with Crippen LogP contribution in [0.5, 0.6) is 0 Å². The minimum Gasteiger partial charge on any atom is -0.323 e. The Labute approximate surface area is 133 Å². The van der Waals surface area contributed by atoms with E-state index in [-0.39, 0.29) is 11.8 Å². The highest BCUT2D eigenvalue weighted by Crippen LogP contribution is 2.26. The molecule has 0 aliphatic carbocycles. The van der Waals surface area contributed by atoms with E-state index in [1.807, 2.05) is 18.2 Å². The van der Waals surface area contributed by atoms with E-state index in [1.54, 1.807) is 42.2 Å². The van der Waals surface area contributed by atoms with E-state index in [2.05, 4.69) is 5.32 Å². The SMILES string of the molecule is CC(C(=O)Nc1ccccc1Cl)N1Cc2ccccc2C1=O. The monoisotopic (exact) mass is 314 g/mol. The Morgan fingerprint density at radius 2 is 1.86 bits per heavy atom. The fraction of sp³-hybridized carbons (Fsp3) is 0.176. The van der Waals surface area contributed by atoms with E-state index >= 15 is 0 Å². The first-order valence-corrected chi connectivity index (χ1v) is 7.40. The number of rotatable bonds is 3. The molecule has 2 amide bonds. The number of nitrogens with zero attached hydrogens (tertiary/aromatic N) is 1. The van der Waals surface area contributed by atoms with Gasteiger partial charge in [-0.05, 0) is 30.7 Å². The third-order valence-electron chi connectivity index (χ3n) is 3.83. The summed E-state index contributed by atoms with van der Waals surface area (Å²) in [6.45, 7) is 2.17. The topological polar surface area (TPSA) is 49.4 Å². The maximum absolute atomic E-state index is 12.4. The maximum atomic E-state index is 12.4. The molecule has 1 unspecified atom stereocenters. The number of hydrogen-bond donors (Lipinski definition) is 1. The van der Waals surface area contributed by atoms with Crippen LogP contribution in [0.15, 0.2) is 48.5 Å². The van der Waals surface area contributed by atoms with E-state index in [0.29, 0.717) is 22.8 Å². The van der Waals surface area contributed by atoms with E-state index < -0.39 is 6.04 Å². The number of carbonyl (C=O) groups excluding carboxylic acids is 2. The molecular weight excluding hydrogens is 300 g/mol. The average molecular weight is 315 g/mol. The normalized spacial score (nSPS) is 14.6. The number of amides is 2. The summed E-state index contributed by atoms with van der Waals surface area (Å²) in [6, 6.07) is 13.9. The third kappa shape index (κ3) is 2.57. The fourth-order valence-electron chi connectivity index (χ4n) is 2.53. The highest BCUT2D eigenvalue weighted by molar-refractivity contribution is 6.33. The molecule has 1 atom stereocenters. The molecule has 1 aliphatic heterocycles. The second-order valence-electron chi connectivity index (χ2n) is 5.24. The molecule has 2 aromatic carbocycles. The summed E-state index contributed by atoms with van der Waals surface area (Å²) < 4.78 is 0. The van der Waals surface area contributed by atoms with Crippen molar-refractivity contribution < 1.29 is 9.59 Å². The summed E-state index contributed by atoms with van der Waals surface area (Å²) in [6.07, 6.45) is 0. The number of fused-ring (bicyclic) bond motifs is 1. The predicted octanol–water partition coefficient (Wildman–Crippen LogP) is 3.32. The molecule has 0 fully saturated rings. The van der Waals surface area contributed by atoms with Crippen molar-refractivity contribution in [2.24, 2.45) is 0 Å². The summed E-state index contributed by atoms with van der Waals surface area (Å²) in [5.74, 6) is -0.369. The molecule has 0 aromatic heterocycles. The quantitative estimate of drug-likeness (QED) is 0.944. The number of halogens is 1. The molecule has 1 aliphatic rings. The molecule has 2 aromatic rings. The molecule has 0 bridgehead atoms. The summed E-state index contributed by atoms with van der Waals surface area (Å²) in [5.41, 5.74) is 2.16. The molecule has 0 radical (unpaired) electrons. The van der Waals surface area contributed by atoms with Crippen LogP contribution in [0, 0.1) is 0 Å². The van der Waals surface area contributed by atoms with Gasteiger partial charge >= 0.3 is 0 Å². The third-order valence-corrected chi connectivity index (χ3v) is 4.16. The molecule has 1 heterocycles. The van der Waals surface area contributed by atoms with Crippen molar-refractivity contribution in [2.75, 3.05) is 5.32 Å². The van der Waals surface area contributed by atoms with Gasteiger partial charge in [-0.2, -0.15) is 0 Å². The van der Waals surface area contributed by atoms with Crippen molar-refractivity contribution in [1.82, 2.24) is 4.90 Å². The lowest BCUT2D eigenvalue weighted by atomic mass is 10.1. The maximum Gasteiger partial charge on any atom is 0.255 e. The van der Waals surface area contributed by atoms with Gasteiger partial charge in [0.05, 0.1) is 10.7 Å². The summed E-state index contributed by atoms with van der Waals surface area (Å²) in [4.78, 5) is 26.3. The Bertz CT molecular complexity index is 745. The Kier molecular flexibility index (Phi) is 3.86. The molecule has 0 spiro atoms.